The lowest BCUT2D eigenvalue weighted by molar-refractivity contribution is -0.145. The Hall–Kier alpha value is -1.75. The van der Waals surface area contributed by atoms with E-state index in [0.717, 1.165) is 6.42 Å². The zero-order valence-corrected chi connectivity index (χ0v) is 11.3. The fraction of sp³-hybridized carbons (Fsp3) is 0.500. The third kappa shape index (κ3) is 6.67. The van der Waals surface area contributed by atoms with Crippen LogP contribution in [-0.4, -0.2) is 32.4 Å². The van der Waals surface area contributed by atoms with Crippen molar-refractivity contribution in [2.75, 3.05) is 32.2 Å². The van der Waals surface area contributed by atoms with Crippen LogP contribution in [0.15, 0.2) is 24.3 Å². The van der Waals surface area contributed by atoms with Gasteiger partial charge in [-0.2, -0.15) is 0 Å². The van der Waals surface area contributed by atoms with Crippen LogP contribution in [0.3, 0.4) is 0 Å². The van der Waals surface area contributed by atoms with Crippen LogP contribution in [0.2, 0.25) is 0 Å². The zero-order valence-electron chi connectivity index (χ0n) is 11.3. The van der Waals surface area contributed by atoms with Gasteiger partial charge < -0.3 is 19.9 Å². The number of carbonyl (C=O) groups excluding carboxylic acids is 1. The summed E-state index contributed by atoms with van der Waals surface area (Å²) in [6.45, 7) is 3.69. The molecular formula is C14H21NO4. The molecule has 0 fully saturated rings. The number of rotatable bonds is 9. The Kier molecular flexibility index (Phi) is 7.43. The molecule has 0 bridgehead atoms. The number of anilines is 1. The molecule has 0 aliphatic heterocycles. The van der Waals surface area contributed by atoms with E-state index in [2.05, 4.69) is 0 Å². The number of hydrogen-bond donors (Lipinski definition) is 1. The average Bonchev–Trinajstić information content (AvgIpc) is 2.41. The van der Waals surface area contributed by atoms with Gasteiger partial charge in [-0.1, -0.05) is 19.1 Å². The van der Waals surface area contributed by atoms with Crippen LogP contribution in [0, 0.1) is 0 Å². The maximum absolute atomic E-state index is 11.4. The number of nitrogens with two attached hydrogens (primary N) is 1. The first-order valence-corrected chi connectivity index (χ1v) is 6.44. The van der Waals surface area contributed by atoms with Crippen LogP contribution < -0.4 is 10.5 Å². The van der Waals surface area contributed by atoms with Gasteiger partial charge in [-0.3, -0.25) is 4.79 Å². The molecule has 0 spiro atoms. The molecule has 0 atom stereocenters. The summed E-state index contributed by atoms with van der Waals surface area (Å²) in [7, 11) is 0. The van der Waals surface area contributed by atoms with Gasteiger partial charge in [-0.05, 0) is 18.6 Å². The van der Waals surface area contributed by atoms with E-state index in [0.29, 0.717) is 24.7 Å². The molecule has 2 N–H and O–H groups in total. The standard InChI is InChI=1S/C14H21NO4/c1-2-8-17-10-11-19-14(16)7-9-18-13-6-4-3-5-12(13)15/h3-6H,2,7-11,15H2,1H3. The molecule has 0 radical (unpaired) electrons. The lowest BCUT2D eigenvalue weighted by atomic mass is 10.3. The molecule has 0 aliphatic carbocycles. The molecule has 1 aromatic carbocycles. The molecule has 0 unspecified atom stereocenters. The lowest BCUT2D eigenvalue weighted by Gasteiger charge is -2.08. The molecule has 106 valence electrons. The second-order valence-electron chi connectivity index (χ2n) is 3.97. The van der Waals surface area contributed by atoms with Crippen molar-refractivity contribution in [3.05, 3.63) is 24.3 Å². The summed E-state index contributed by atoms with van der Waals surface area (Å²) in [5.74, 6) is 0.288. The number of ether oxygens (including phenoxy) is 3. The number of benzene rings is 1. The Morgan fingerprint density at radius 2 is 1.95 bits per heavy atom. The van der Waals surface area contributed by atoms with E-state index in [-0.39, 0.29) is 25.6 Å². The van der Waals surface area contributed by atoms with Crippen molar-refractivity contribution >= 4 is 11.7 Å². The van der Waals surface area contributed by atoms with E-state index in [9.17, 15) is 4.79 Å². The van der Waals surface area contributed by atoms with Crippen LogP contribution >= 0.6 is 0 Å². The van der Waals surface area contributed by atoms with E-state index in [1.807, 2.05) is 19.1 Å². The quantitative estimate of drug-likeness (QED) is 0.421. The van der Waals surface area contributed by atoms with Gasteiger partial charge in [0.15, 0.2) is 0 Å². The SMILES string of the molecule is CCCOCCOC(=O)CCOc1ccccc1N. The summed E-state index contributed by atoms with van der Waals surface area (Å²) in [4.78, 5) is 11.4. The van der Waals surface area contributed by atoms with Gasteiger partial charge in [-0.15, -0.1) is 0 Å². The molecule has 1 aromatic rings. The summed E-state index contributed by atoms with van der Waals surface area (Å²) in [5.41, 5.74) is 6.27. The minimum atomic E-state index is -0.297. The number of nitrogen functional groups attached to an aromatic ring is 1. The minimum Gasteiger partial charge on any atom is -0.491 e. The van der Waals surface area contributed by atoms with Crippen molar-refractivity contribution in [3.63, 3.8) is 0 Å². The monoisotopic (exact) mass is 267 g/mol. The van der Waals surface area contributed by atoms with Crippen LogP contribution in [0.5, 0.6) is 5.75 Å². The van der Waals surface area contributed by atoms with E-state index in [4.69, 9.17) is 19.9 Å². The Bertz CT molecular complexity index is 381. The summed E-state index contributed by atoms with van der Waals surface area (Å²) in [6.07, 6.45) is 1.16. The highest BCUT2D eigenvalue weighted by molar-refractivity contribution is 5.69. The van der Waals surface area contributed by atoms with Crippen molar-refractivity contribution in [2.45, 2.75) is 19.8 Å². The number of hydrogen-bond acceptors (Lipinski definition) is 5. The van der Waals surface area contributed by atoms with Crippen LogP contribution in [-0.2, 0) is 14.3 Å². The predicted molar refractivity (Wildman–Crippen MR) is 73.0 cm³/mol. The topological polar surface area (TPSA) is 70.8 Å². The van der Waals surface area contributed by atoms with Crippen molar-refractivity contribution in [1.82, 2.24) is 0 Å². The normalized spacial score (nSPS) is 10.2. The molecule has 0 heterocycles. The highest BCUT2D eigenvalue weighted by Gasteiger charge is 2.04. The molecule has 5 heteroatoms. The van der Waals surface area contributed by atoms with Gasteiger partial charge in [0.1, 0.15) is 12.4 Å². The summed E-state index contributed by atoms with van der Waals surface area (Å²) < 4.78 is 15.6. The zero-order chi connectivity index (χ0) is 13.9. The van der Waals surface area contributed by atoms with Gasteiger partial charge in [0.05, 0.1) is 25.3 Å². The third-order valence-corrected chi connectivity index (χ3v) is 2.32. The van der Waals surface area contributed by atoms with E-state index < -0.39 is 0 Å². The molecule has 5 nitrogen and oxygen atoms in total. The molecule has 0 aromatic heterocycles. The minimum absolute atomic E-state index is 0.197. The Morgan fingerprint density at radius 1 is 1.16 bits per heavy atom. The first-order valence-electron chi connectivity index (χ1n) is 6.44. The molecule has 0 saturated carbocycles. The van der Waals surface area contributed by atoms with E-state index in [1.165, 1.54) is 0 Å². The van der Waals surface area contributed by atoms with Crippen molar-refractivity contribution in [1.29, 1.82) is 0 Å². The molecule has 0 saturated heterocycles. The molecule has 19 heavy (non-hydrogen) atoms. The fourth-order valence-electron chi connectivity index (χ4n) is 1.39. The summed E-state index contributed by atoms with van der Waals surface area (Å²) in [5, 5.41) is 0. The Morgan fingerprint density at radius 3 is 2.68 bits per heavy atom. The second kappa shape index (κ2) is 9.22. The smallest absolute Gasteiger partial charge is 0.309 e. The lowest BCUT2D eigenvalue weighted by Crippen LogP contribution is -2.14. The van der Waals surface area contributed by atoms with Gasteiger partial charge >= 0.3 is 5.97 Å². The summed E-state index contributed by atoms with van der Waals surface area (Å²) in [6, 6.07) is 7.17. The Balaban J connectivity index is 2.09. The number of para-hydroxylation sites is 2. The van der Waals surface area contributed by atoms with Crippen molar-refractivity contribution < 1.29 is 19.0 Å². The first-order chi connectivity index (χ1) is 9.24. The average molecular weight is 267 g/mol. The van der Waals surface area contributed by atoms with Gasteiger partial charge in [-0.25, -0.2) is 0 Å². The largest absolute Gasteiger partial charge is 0.491 e. The number of esters is 1. The van der Waals surface area contributed by atoms with E-state index >= 15 is 0 Å². The maximum Gasteiger partial charge on any atom is 0.309 e. The molecule has 0 aliphatic rings. The van der Waals surface area contributed by atoms with Gasteiger partial charge in [0.25, 0.3) is 0 Å². The molecular weight excluding hydrogens is 246 g/mol. The van der Waals surface area contributed by atoms with Gasteiger partial charge in [0, 0.05) is 6.61 Å². The highest BCUT2D eigenvalue weighted by atomic mass is 16.6. The predicted octanol–water partition coefficient (Wildman–Crippen LogP) is 2.01. The first kappa shape index (κ1) is 15.3. The molecule has 0 amide bonds. The van der Waals surface area contributed by atoms with Crippen LogP contribution in [0.1, 0.15) is 19.8 Å². The Labute approximate surface area is 113 Å². The highest BCUT2D eigenvalue weighted by Crippen LogP contribution is 2.19. The third-order valence-electron chi connectivity index (χ3n) is 2.32. The molecule has 1 rings (SSSR count). The van der Waals surface area contributed by atoms with Gasteiger partial charge in [0.2, 0.25) is 0 Å². The maximum atomic E-state index is 11.4. The number of carbonyl (C=O) groups is 1. The van der Waals surface area contributed by atoms with Crippen LogP contribution in [0.4, 0.5) is 5.69 Å². The van der Waals surface area contributed by atoms with E-state index in [1.54, 1.807) is 12.1 Å². The second-order valence-corrected chi connectivity index (χ2v) is 3.97. The van der Waals surface area contributed by atoms with Crippen molar-refractivity contribution in [2.24, 2.45) is 0 Å². The van der Waals surface area contributed by atoms with Crippen molar-refractivity contribution in [3.8, 4) is 5.75 Å². The van der Waals surface area contributed by atoms with Crippen LogP contribution in [0.25, 0.3) is 0 Å². The fourth-order valence-corrected chi connectivity index (χ4v) is 1.39. The summed E-state index contributed by atoms with van der Waals surface area (Å²) >= 11 is 0.